The number of benzene rings is 1. The van der Waals surface area contributed by atoms with Gasteiger partial charge in [0.15, 0.2) is 0 Å². The Kier molecular flexibility index (Phi) is 5.12. The van der Waals surface area contributed by atoms with E-state index in [1.807, 2.05) is 6.07 Å². The minimum atomic E-state index is 0.667. The van der Waals surface area contributed by atoms with Crippen molar-refractivity contribution in [3.8, 4) is 0 Å². The van der Waals surface area contributed by atoms with Crippen LogP contribution in [0.1, 0.15) is 39.2 Å². The van der Waals surface area contributed by atoms with Gasteiger partial charge < -0.3 is 10.2 Å². The third-order valence-corrected chi connectivity index (χ3v) is 3.74. The SMILES string of the molecule is CCN(CC(C)C)c1ccc(Cl)cc1CNC1CC1. The molecule has 0 saturated heterocycles. The summed E-state index contributed by atoms with van der Waals surface area (Å²) in [6.07, 6.45) is 2.64. The summed E-state index contributed by atoms with van der Waals surface area (Å²) in [7, 11) is 0. The van der Waals surface area contributed by atoms with Gasteiger partial charge in [0.2, 0.25) is 0 Å². The number of nitrogens with one attached hydrogen (secondary N) is 1. The standard InChI is InChI=1S/C16H25ClN2/c1-4-19(11-12(2)3)16-8-5-14(17)9-13(16)10-18-15-6-7-15/h5,8-9,12,15,18H,4,6-7,10-11H2,1-3H3. The van der Waals surface area contributed by atoms with E-state index in [0.717, 1.165) is 30.7 Å². The molecule has 19 heavy (non-hydrogen) atoms. The molecule has 2 rings (SSSR count). The van der Waals surface area contributed by atoms with Gasteiger partial charge in [-0.2, -0.15) is 0 Å². The van der Waals surface area contributed by atoms with Gasteiger partial charge in [-0.15, -0.1) is 0 Å². The van der Waals surface area contributed by atoms with Gasteiger partial charge >= 0.3 is 0 Å². The van der Waals surface area contributed by atoms with Gasteiger partial charge in [-0.25, -0.2) is 0 Å². The maximum absolute atomic E-state index is 6.16. The number of halogens is 1. The molecule has 1 fully saturated rings. The summed E-state index contributed by atoms with van der Waals surface area (Å²) in [5.41, 5.74) is 2.65. The summed E-state index contributed by atoms with van der Waals surface area (Å²) in [4.78, 5) is 2.45. The highest BCUT2D eigenvalue weighted by Crippen LogP contribution is 2.27. The van der Waals surface area contributed by atoms with Crippen molar-refractivity contribution >= 4 is 17.3 Å². The van der Waals surface area contributed by atoms with Gasteiger partial charge in [-0.1, -0.05) is 25.4 Å². The van der Waals surface area contributed by atoms with Crippen molar-refractivity contribution in [2.45, 2.75) is 46.2 Å². The fourth-order valence-corrected chi connectivity index (χ4v) is 2.58. The predicted octanol–water partition coefficient (Wildman–Crippen LogP) is 4.07. The molecule has 0 atom stereocenters. The van der Waals surface area contributed by atoms with Crippen molar-refractivity contribution in [1.29, 1.82) is 0 Å². The average molecular weight is 281 g/mol. The zero-order valence-corrected chi connectivity index (χ0v) is 13.0. The van der Waals surface area contributed by atoms with Crippen molar-refractivity contribution in [1.82, 2.24) is 5.32 Å². The number of anilines is 1. The Morgan fingerprint density at radius 2 is 2.11 bits per heavy atom. The van der Waals surface area contributed by atoms with Gasteiger partial charge in [0, 0.05) is 36.4 Å². The molecule has 0 unspecified atom stereocenters. The second kappa shape index (κ2) is 6.62. The Balaban J connectivity index is 2.15. The minimum Gasteiger partial charge on any atom is -0.371 e. The topological polar surface area (TPSA) is 15.3 Å². The van der Waals surface area contributed by atoms with E-state index in [2.05, 4.69) is 43.1 Å². The molecular formula is C16H25ClN2. The first-order valence-electron chi connectivity index (χ1n) is 7.37. The maximum Gasteiger partial charge on any atom is 0.0412 e. The van der Waals surface area contributed by atoms with Crippen LogP contribution in [-0.4, -0.2) is 19.1 Å². The largest absolute Gasteiger partial charge is 0.371 e. The lowest BCUT2D eigenvalue weighted by molar-refractivity contribution is 0.613. The first-order valence-corrected chi connectivity index (χ1v) is 7.74. The lowest BCUT2D eigenvalue weighted by Gasteiger charge is -2.28. The number of hydrogen-bond donors (Lipinski definition) is 1. The first-order chi connectivity index (χ1) is 9.10. The molecule has 0 heterocycles. The monoisotopic (exact) mass is 280 g/mol. The molecule has 0 spiro atoms. The third kappa shape index (κ3) is 4.39. The van der Waals surface area contributed by atoms with Crippen LogP contribution in [0.5, 0.6) is 0 Å². The highest BCUT2D eigenvalue weighted by atomic mass is 35.5. The highest BCUT2D eigenvalue weighted by molar-refractivity contribution is 6.30. The van der Waals surface area contributed by atoms with Crippen LogP contribution in [-0.2, 0) is 6.54 Å². The molecular weight excluding hydrogens is 256 g/mol. The summed E-state index contributed by atoms with van der Waals surface area (Å²) < 4.78 is 0. The zero-order valence-electron chi connectivity index (χ0n) is 12.2. The Bertz CT molecular complexity index is 413. The fourth-order valence-electron chi connectivity index (χ4n) is 2.38. The number of rotatable bonds is 7. The van der Waals surface area contributed by atoms with Crippen LogP contribution in [0.4, 0.5) is 5.69 Å². The predicted molar refractivity (Wildman–Crippen MR) is 84.0 cm³/mol. The van der Waals surface area contributed by atoms with E-state index in [9.17, 15) is 0 Å². The average Bonchev–Trinajstić information content (AvgIpc) is 3.18. The quantitative estimate of drug-likeness (QED) is 0.810. The Morgan fingerprint density at radius 1 is 1.37 bits per heavy atom. The van der Waals surface area contributed by atoms with Gasteiger partial charge in [-0.05, 0) is 49.4 Å². The van der Waals surface area contributed by atoms with Gasteiger partial charge in [0.25, 0.3) is 0 Å². The normalized spacial score (nSPS) is 15.0. The van der Waals surface area contributed by atoms with Crippen molar-refractivity contribution in [3.63, 3.8) is 0 Å². The maximum atomic E-state index is 6.16. The molecule has 1 aromatic carbocycles. The molecule has 1 aromatic rings. The van der Waals surface area contributed by atoms with E-state index in [-0.39, 0.29) is 0 Å². The molecule has 2 nitrogen and oxygen atoms in total. The highest BCUT2D eigenvalue weighted by Gasteiger charge is 2.21. The third-order valence-electron chi connectivity index (χ3n) is 3.51. The molecule has 0 aliphatic heterocycles. The second-order valence-corrected chi connectivity index (χ2v) is 6.30. The molecule has 1 aliphatic rings. The van der Waals surface area contributed by atoms with E-state index >= 15 is 0 Å². The minimum absolute atomic E-state index is 0.667. The number of hydrogen-bond acceptors (Lipinski definition) is 2. The Morgan fingerprint density at radius 3 is 2.68 bits per heavy atom. The van der Waals surface area contributed by atoms with Crippen molar-refractivity contribution in [2.75, 3.05) is 18.0 Å². The van der Waals surface area contributed by atoms with Crippen LogP contribution >= 0.6 is 11.6 Å². The molecule has 0 bridgehead atoms. The molecule has 106 valence electrons. The lowest BCUT2D eigenvalue weighted by Crippen LogP contribution is -2.29. The summed E-state index contributed by atoms with van der Waals surface area (Å²) in [6, 6.07) is 7.00. The van der Waals surface area contributed by atoms with Gasteiger partial charge in [0.1, 0.15) is 0 Å². The Hall–Kier alpha value is -0.730. The molecule has 1 aliphatic carbocycles. The first kappa shape index (κ1) is 14.7. The summed E-state index contributed by atoms with van der Waals surface area (Å²) in [5, 5.41) is 4.42. The van der Waals surface area contributed by atoms with E-state index in [0.29, 0.717) is 5.92 Å². The second-order valence-electron chi connectivity index (χ2n) is 5.86. The van der Waals surface area contributed by atoms with Crippen LogP contribution in [0.2, 0.25) is 5.02 Å². The smallest absolute Gasteiger partial charge is 0.0412 e. The lowest BCUT2D eigenvalue weighted by atomic mass is 10.1. The van der Waals surface area contributed by atoms with E-state index < -0.39 is 0 Å². The molecule has 1 N–H and O–H groups in total. The van der Waals surface area contributed by atoms with Crippen LogP contribution in [0.3, 0.4) is 0 Å². The molecule has 0 amide bonds. The zero-order chi connectivity index (χ0) is 13.8. The van der Waals surface area contributed by atoms with Crippen LogP contribution < -0.4 is 10.2 Å². The van der Waals surface area contributed by atoms with Gasteiger partial charge in [-0.3, -0.25) is 0 Å². The van der Waals surface area contributed by atoms with Gasteiger partial charge in [0.05, 0.1) is 0 Å². The molecule has 1 saturated carbocycles. The van der Waals surface area contributed by atoms with Crippen LogP contribution in [0.25, 0.3) is 0 Å². The van der Waals surface area contributed by atoms with E-state index in [1.54, 1.807) is 0 Å². The molecule has 0 aromatic heterocycles. The molecule has 3 heteroatoms. The Labute approximate surface area is 122 Å². The van der Waals surface area contributed by atoms with Crippen LogP contribution in [0.15, 0.2) is 18.2 Å². The summed E-state index contributed by atoms with van der Waals surface area (Å²) in [6.45, 7) is 9.80. The number of nitrogens with zero attached hydrogens (tertiary/aromatic N) is 1. The van der Waals surface area contributed by atoms with E-state index in [4.69, 9.17) is 11.6 Å². The molecule has 0 radical (unpaired) electrons. The van der Waals surface area contributed by atoms with E-state index in [1.165, 1.54) is 24.1 Å². The summed E-state index contributed by atoms with van der Waals surface area (Å²) >= 11 is 6.16. The van der Waals surface area contributed by atoms with Crippen molar-refractivity contribution < 1.29 is 0 Å². The van der Waals surface area contributed by atoms with Crippen LogP contribution in [0, 0.1) is 5.92 Å². The van der Waals surface area contributed by atoms with Crippen molar-refractivity contribution in [3.05, 3.63) is 28.8 Å². The van der Waals surface area contributed by atoms with Crippen molar-refractivity contribution in [2.24, 2.45) is 5.92 Å². The fraction of sp³-hybridized carbons (Fsp3) is 0.625. The summed E-state index contributed by atoms with van der Waals surface area (Å²) in [5.74, 6) is 0.667.